The topological polar surface area (TPSA) is 126 Å². The van der Waals surface area contributed by atoms with Crippen molar-refractivity contribution >= 4 is 11.9 Å². The molecule has 0 radical (unpaired) electrons. The van der Waals surface area contributed by atoms with Crippen molar-refractivity contribution < 1.29 is 28.5 Å². The molecule has 4 rings (SSSR count). The zero-order chi connectivity index (χ0) is 24.1. The largest absolute Gasteiger partial charge is 0.459 e. The summed E-state index contributed by atoms with van der Waals surface area (Å²) in [5.41, 5.74) is -0.653. The molecule has 10 heteroatoms. The molecule has 34 heavy (non-hydrogen) atoms. The number of H-pyrrole nitrogens is 1. The van der Waals surface area contributed by atoms with E-state index in [0.29, 0.717) is 11.1 Å². The standard InChI is InChI=1S/C24H22N2O8/c1-31-20-19(34-23(29)16-10-6-3-7-11-16)17(14-32-22(28)15-8-4-2-5-9-15)33-21(20)26-13-12-18(27)25-24(26)30/h2-13,17,19-21H,14H2,1H3,(H,25,27,30)/t17-,19-,20-,21-/m1/s1. The Morgan fingerprint density at radius 3 is 2.12 bits per heavy atom. The second-order valence-corrected chi connectivity index (χ2v) is 7.48. The molecular weight excluding hydrogens is 444 g/mol. The van der Waals surface area contributed by atoms with Crippen molar-refractivity contribution in [2.75, 3.05) is 13.7 Å². The number of aromatic nitrogens is 2. The molecule has 2 aromatic carbocycles. The maximum Gasteiger partial charge on any atom is 0.338 e. The Hall–Kier alpha value is -4.02. The summed E-state index contributed by atoms with van der Waals surface area (Å²) in [7, 11) is 1.37. The SMILES string of the molecule is CO[C@@H]1[C@H](OC(=O)c2ccccc2)[C@@H](COC(=O)c2ccccc2)O[C@H]1n1ccc(=O)[nH]c1=O. The summed E-state index contributed by atoms with van der Waals surface area (Å²) in [6.07, 6.45) is -2.70. The number of rotatable bonds is 7. The van der Waals surface area contributed by atoms with Gasteiger partial charge < -0.3 is 18.9 Å². The zero-order valence-corrected chi connectivity index (χ0v) is 18.2. The van der Waals surface area contributed by atoms with Gasteiger partial charge in [0.05, 0.1) is 11.1 Å². The predicted molar refractivity (Wildman–Crippen MR) is 118 cm³/mol. The Morgan fingerprint density at radius 2 is 1.53 bits per heavy atom. The Bertz CT molecular complexity index is 1250. The Kier molecular flexibility index (Phi) is 7.00. The maximum atomic E-state index is 12.8. The number of methoxy groups -OCH3 is 1. The molecule has 3 aromatic rings. The van der Waals surface area contributed by atoms with Crippen LogP contribution in [0.1, 0.15) is 26.9 Å². The molecule has 1 aromatic heterocycles. The third kappa shape index (κ3) is 4.98. The summed E-state index contributed by atoms with van der Waals surface area (Å²) in [6.45, 7) is -0.269. The van der Waals surface area contributed by atoms with Crippen LogP contribution in [0.2, 0.25) is 0 Å². The highest BCUT2D eigenvalue weighted by atomic mass is 16.6. The minimum atomic E-state index is -1.05. The van der Waals surface area contributed by atoms with Gasteiger partial charge in [-0.3, -0.25) is 14.3 Å². The molecule has 0 amide bonds. The van der Waals surface area contributed by atoms with E-state index in [4.69, 9.17) is 18.9 Å². The molecule has 0 saturated carbocycles. The van der Waals surface area contributed by atoms with E-state index in [1.54, 1.807) is 60.7 Å². The number of aromatic amines is 1. The lowest BCUT2D eigenvalue weighted by Gasteiger charge is -2.23. The first-order valence-electron chi connectivity index (χ1n) is 10.5. The fourth-order valence-corrected chi connectivity index (χ4v) is 3.67. The van der Waals surface area contributed by atoms with Crippen LogP contribution in [0.25, 0.3) is 0 Å². The van der Waals surface area contributed by atoms with Gasteiger partial charge in [0.2, 0.25) is 0 Å². The summed E-state index contributed by atoms with van der Waals surface area (Å²) in [5, 5.41) is 0. The number of carbonyl (C=O) groups is 2. The van der Waals surface area contributed by atoms with E-state index in [1.807, 2.05) is 0 Å². The van der Waals surface area contributed by atoms with E-state index in [-0.39, 0.29) is 6.61 Å². The fraction of sp³-hybridized carbons (Fsp3) is 0.250. The highest BCUT2D eigenvalue weighted by Crippen LogP contribution is 2.33. The lowest BCUT2D eigenvalue weighted by atomic mass is 10.1. The molecule has 4 atom stereocenters. The van der Waals surface area contributed by atoms with E-state index in [2.05, 4.69) is 4.98 Å². The van der Waals surface area contributed by atoms with E-state index in [0.717, 1.165) is 10.6 Å². The number of benzene rings is 2. The zero-order valence-electron chi connectivity index (χ0n) is 18.2. The average Bonchev–Trinajstić information content (AvgIpc) is 3.20. The van der Waals surface area contributed by atoms with Gasteiger partial charge in [-0.15, -0.1) is 0 Å². The molecule has 0 spiro atoms. The third-order valence-corrected chi connectivity index (χ3v) is 5.32. The monoisotopic (exact) mass is 466 g/mol. The summed E-state index contributed by atoms with van der Waals surface area (Å²) < 4.78 is 23.7. The summed E-state index contributed by atoms with van der Waals surface area (Å²) in [4.78, 5) is 51.2. The number of nitrogens with one attached hydrogen (secondary N) is 1. The average molecular weight is 466 g/mol. The molecule has 0 bridgehead atoms. The highest BCUT2D eigenvalue weighted by Gasteiger charge is 2.49. The second-order valence-electron chi connectivity index (χ2n) is 7.48. The number of carbonyl (C=O) groups excluding carboxylic acids is 2. The van der Waals surface area contributed by atoms with Crippen molar-refractivity contribution in [1.29, 1.82) is 0 Å². The minimum absolute atomic E-state index is 0.269. The van der Waals surface area contributed by atoms with Gasteiger partial charge in [0, 0.05) is 19.4 Å². The van der Waals surface area contributed by atoms with Crippen LogP contribution < -0.4 is 11.2 Å². The van der Waals surface area contributed by atoms with Crippen molar-refractivity contribution in [3.05, 3.63) is 105 Å². The first-order chi connectivity index (χ1) is 16.5. The third-order valence-electron chi connectivity index (χ3n) is 5.32. The Morgan fingerprint density at radius 1 is 0.912 bits per heavy atom. The summed E-state index contributed by atoms with van der Waals surface area (Å²) in [5.74, 6) is -1.22. The van der Waals surface area contributed by atoms with Crippen molar-refractivity contribution in [3.8, 4) is 0 Å². The molecule has 0 aliphatic carbocycles. The van der Waals surface area contributed by atoms with Crippen molar-refractivity contribution in [1.82, 2.24) is 9.55 Å². The fourth-order valence-electron chi connectivity index (χ4n) is 3.67. The van der Waals surface area contributed by atoms with Crippen LogP contribution in [0.5, 0.6) is 0 Å². The molecule has 1 fully saturated rings. The molecule has 10 nitrogen and oxygen atoms in total. The normalized spacial score (nSPS) is 21.7. The molecular formula is C24H22N2O8. The van der Waals surface area contributed by atoms with Gasteiger partial charge in [0.25, 0.3) is 5.56 Å². The van der Waals surface area contributed by atoms with Crippen LogP contribution in [-0.2, 0) is 18.9 Å². The minimum Gasteiger partial charge on any atom is -0.459 e. The molecule has 0 unspecified atom stereocenters. The van der Waals surface area contributed by atoms with Gasteiger partial charge in [-0.25, -0.2) is 14.4 Å². The van der Waals surface area contributed by atoms with Gasteiger partial charge in [-0.05, 0) is 24.3 Å². The second kappa shape index (κ2) is 10.3. The Labute approximate surface area is 193 Å². The van der Waals surface area contributed by atoms with Crippen LogP contribution in [0.3, 0.4) is 0 Å². The lowest BCUT2D eigenvalue weighted by molar-refractivity contribution is -0.0657. The molecule has 1 aliphatic heterocycles. The van der Waals surface area contributed by atoms with Crippen LogP contribution in [0, 0.1) is 0 Å². The van der Waals surface area contributed by atoms with Gasteiger partial charge >= 0.3 is 17.6 Å². The van der Waals surface area contributed by atoms with Gasteiger partial charge in [-0.2, -0.15) is 0 Å². The van der Waals surface area contributed by atoms with E-state index in [9.17, 15) is 19.2 Å². The van der Waals surface area contributed by atoms with Crippen LogP contribution in [0.4, 0.5) is 0 Å². The number of ether oxygens (including phenoxy) is 4. The molecule has 176 valence electrons. The molecule has 1 N–H and O–H groups in total. The van der Waals surface area contributed by atoms with Gasteiger partial charge in [0.1, 0.15) is 18.8 Å². The lowest BCUT2D eigenvalue weighted by Crippen LogP contribution is -2.41. The summed E-state index contributed by atoms with van der Waals surface area (Å²) in [6, 6.07) is 17.9. The first kappa shape index (κ1) is 23.1. The van der Waals surface area contributed by atoms with E-state index < -0.39 is 47.7 Å². The molecule has 1 aliphatic rings. The number of esters is 2. The quantitative estimate of drug-likeness (QED) is 0.520. The first-order valence-corrected chi connectivity index (χ1v) is 10.5. The summed E-state index contributed by atoms with van der Waals surface area (Å²) >= 11 is 0. The van der Waals surface area contributed by atoms with Crippen LogP contribution >= 0.6 is 0 Å². The number of hydrogen-bond donors (Lipinski definition) is 1. The van der Waals surface area contributed by atoms with Gasteiger partial charge in [0.15, 0.2) is 12.3 Å². The number of hydrogen-bond acceptors (Lipinski definition) is 8. The molecule has 1 saturated heterocycles. The smallest absolute Gasteiger partial charge is 0.338 e. The van der Waals surface area contributed by atoms with Gasteiger partial charge in [-0.1, -0.05) is 36.4 Å². The van der Waals surface area contributed by atoms with Crippen LogP contribution in [0.15, 0.2) is 82.5 Å². The van der Waals surface area contributed by atoms with Crippen molar-refractivity contribution in [3.63, 3.8) is 0 Å². The Balaban J connectivity index is 1.60. The predicted octanol–water partition coefficient (Wildman–Crippen LogP) is 1.53. The van der Waals surface area contributed by atoms with Crippen LogP contribution in [-0.4, -0.2) is 53.5 Å². The maximum absolute atomic E-state index is 12.8. The highest BCUT2D eigenvalue weighted by molar-refractivity contribution is 5.90. The molecule has 2 heterocycles. The van der Waals surface area contributed by atoms with Crippen molar-refractivity contribution in [2.45, 2.75) is 24.5 Å². The van der Waals surface area contributed by atoms with E-state index in [1.165, 1.54) is 13.3 Å². The van der Waals surface area contributed by atoms with E-state index >= 15 is 0 Å². The number of nitrogens with zero attached hydrogens (tertiary/aromatic N) is 1. The van der Waals surface area contributed by atoms with Crippen molar-refractivity contribution in [2.24, 2.45) is 0 Å².